The van der Waals surface area contributed by atoms with E-state index in [4.69, 9.17) is 0 Å². The van der Waals surface area contributed by atoms with Gasteiger partial charge in [0, 0.05) is 30.8 Å². The first kappa shape index (κ1) is 16.1. The first-order valence-corrected chi connectivity index (χ1v) is 9.10. The lowest BCUT2D eigenvalue weighted by molar-refractivity contribution is 0.0951. The fourth-order valence-electron chi connectivity index (χ4n) is 2.24. The van der Waals surface area contributed by atoms with Crippen LogP contribution in [0.15, 0.2) is 59.8 Å². The van der Waals surface area contributed by atoms with Crippen LogP contribution in [0.25, 0.3) is 11.0 Å². The lowest BCUT2D eigenvalue weighted by atomic mass is 10.1. The van der Waals surface area contributed by atoms with Crippen molar-refractivity contribution in [1.82, 2.24) is 15.3 Å². The van der Waals surface area contributed by atoms with Gasteiger partial charge in [-0.05, 0) is 35.9 Å². The predicted molar refractivity (Wildman–Crippen MR) is 90.3 cm³/mol. The summed E-state index contributed by atoms with van der Waals surface area (Å²) in [7, 11) is -3.21. The second-order valence-electron chi connectivity index (χ2n) is 5.36. The molecular weight excluding hydrogens is 326 g/mol. The minimum absolute atomic E-state index is 0.227. The molecule has 0 fully saturated rings. The first-order chi connectivity index (χ1) is 11.4. The summed E-state index contributed by atoms with van der Waals surface area (Å²) in [6.45, 7) is 0.307. The van der Waals surface area contributed by atoms with E-state index in [9.17, 15) is 13.2 Å². The van der Waals surface area contributed by atoms with E-state index in [1.54, 1.807) is 42.7 Å². The molecule has 0 atom stereocenters. The fourth-order valence-corrected chi connectivity index (χ4v) is 2.87. The Morgan fingerprint density at radius 1 is 1.00 bits per heavy atom. The summed E-state index contributed by atoms with van der Waals surface area (Å²) in [6, 6.07) is 11.6. The molecule has 7 heteroatoms. The molecular formula is C17H15N3O3S. The lowest BCUT2D eigenvalue weighted by Gasteiger charge is -2.07. The molecule has 6 nitrogen and oxygen atoms in total. The predicted octanol–water partition coefficient (Wildman–Crippen LogP) is 1.96. The van der Waals surface area contributed by atoms with Crippen molar-refractivity contribution in [1.29, 1.82) is 0 Å². The molecule has 3 aromatic rings. The van der Waals surface area contributed by atoms with Gasteiger partial charge in [0.1, 0.15) is 0 Å². The summed E-state index contributed by atoms with van der Waals surface area (Å²) >= 11 is 0. The van der Waals surface area contributed by atoms with Crippen molar-refractivity contribution in [2.75, 3.05) is 6.26 Å². The van der Waals surface area contributed by atoms with Gasteiger partial charge < -0.3 is 5.32 Å². The molecule has 0 bridgehead atoms. The summed E-state index contributed by atoms with van der Waals surface area (Å²) in [6.07, 6.45) is 4.34. The van der Waals surface area contributed by atoms with Crippen molar-refractivity contribution >= 4 is 26.8 Å². The summed E-state index contributed by atoms with van der Waals surface area (Å²) in [5.74, 6) is -0.227. The number of fused-ring (bicyclic) bond motifs is 1. The maximum atomic E-state index is 12.2. The van der Waals surface area contributed by atoms with Gasteiger partial charge >= 0.3 is 0 Å². The van der Waals surface area contributed by atoms with Crippen molar-refractivity contribution in [2.45, 2.75) is 11.4 Å². The van der Waals surface area contributed by atoms with Crippen LogP contribution in [0.2, 0.25) is 0 Å². The van der Waals surface area contributed by atoms with Crippen molar-refractivity contribution in [3.8, 4) is 0 Å². The van der Waals surface area contributed by atoms with Crippen LogP contribution in [-0.4, -0.2) is 30.5 Å². The maximum absolute atomic E-state index is 12.2. The molecule has 0 saturated heterocycles. The normalized spacial score (nSPS) is 11.4. The van der Waals surface area contributed by atoms with Crippen LogP contribution in [0.5, 0.6) is 0 Å². The lowest BCUT2D eigenvalue weighted by Crippen LogP contribution is -2.22. The average molecular weight is 341 g/mol. The largest absolute Gasteiger partial charge is 0.348 e. The van der Waals surface area contributed by atoms with E-state index < -0.39 is 9.84 Å². The van der Waals surface area contributed by atoms with Gasteiger partial charge in [0.25, 0.3) is 5.91 Å². The number of aromatic nitrogens is 2. The van der Waals surface area contributed by atoms with Gasteiger partial charge in [0.2, 0.25) is 0 Å². The Labute approximate surface area is 139 Å². The second-order valence-corrected chi connectivity index (χ2v) is 7.37. The third-order valence-corrected chi connectivity index (χ3v) is 4.66. The smallest absolute Gasteiger partial charge is 0.251 e. The van der Waals surface area contributed by atoms with Gasteiger partial charge in [-0.1, -0.05) is 12.1 Å². The van der Waals surface area contributed by atoms with Crippen LogP contribution in [-0.2, 0) is 16.4 Å². The zero-order valence-corrected chi connectivity index (χ0v) is 13.7. The number of amides is 1. The summed E-state index contributed by atoms with van der Waals surface area (Å²) in [4.78, 5) is 20.8. The number of rotatable bonds is 4. The number of nitrogens with zero attached hydrogens (tertiary/aromatic N) is 2. The highest BCUT2D eigenvalue weighted by Gasteiger charge is 2.09. The number of nitrogens with one attached hydrogen (secondary N) is 1. The molecule has 1 aromatic heterocycles. The van der Waals surface area contributed by atoms with Crippen LogP contribution in [0, 0.1) is 0 Å². The van der Waals surface area contributed by atoms with Gasteiger partial charge in [-0.2, -0.15) is 0 Å². The fraction of sp³-hybridized carbons (Fsp3) is 0.118. The van der Waals surface area contributed by atoms with Gasteiger partial charge in [0.05, 0.1) is 15.9 Å². The van der Waals surface area contributed by atoms with Crippen LogP contribution >= 0.6 is 0 Å². The molecule has 0 saturated carbocycles. The van der Waals surface area contributed by atoms with Gasteiger partial charge in [0.15, 0.2) is 9.84 Å². The molecule has 1 amide bonds. The third kappa shape index (κ3) is 3.57. The highest BCUT2D eigenvalue weighted by molar-refractivity contribution is 7.90. The molecule has 24 heavy (non-hydrogen) atoms. The molecule has 0 radical (unpaired) electrons. The zero-order valence-electron chi connectivity index (χ0n) is 12.9. The van der Waals surface area contributed by atoms with Crippen molar-refractivity contribution in [3.63, 3.8) is 0 Å². The number of sulfone groups is 1. The summed E-state index contributed by atoms with van der Waals surface area (Å²) in [5, 5.41) is 2.80. The molecule has 1 N–H and O–H groups in total. The molecule has 1 heterocycles. The van der Waals surface area contributed by atoms with E-state index in [1.807, 2.05) is 0 Å². The number of hydrogen-bond donors (Lipinski definition) is 1. The molecule has 0 aliphatic rings. The summed E-state index contributed by atoms with van der Waals surface area (Å²) < 4.78 is 22.8. The Morgan fingerprint density at radius 2 is 1.67 bits per heavy atom. The van der Waals surface area contributed by atoms with Gasteiger partial charge in [-0.25, -0.2) is 8.42 Å². The highest BCUT2D eigenvalue weighted by Crippen LogP contribution is 2.12. The third-order valence-electron chi connectivity index (χ3n) is 3.54. The quantitative estimate of drug-likeness (QED) is 0.783. The van der Waals surface area contributed by atoms with Crippen LogP contribution in [0.4, 0.5) is 0 Å². The molecule has 2 aromatic carbocycles. The Balaban J connectivity index is 1.70. The minimum atomic E-state index is -3.21. The minimum Gasteiger partial charge on any atom is -0.348 e. The van der Waals surface area contributed by atoms with E-state index in [0.717, 1.165) is 17.3 Å². The molecule has 0 aliphatic heterocycles. The Hall–Kier alpha value is -2.80. The van der Waals surface area contributed by atoms with E-state index in [0.29, 0.717) is 17.6 Å². The molecule has 0 unspecified atom stereocenters. The van der Waals surface area contributed by atoms with Crippen LogP contribution in [0.1, 0.15) is 15.9 Å². The monoisotopic (exact) mass is 341 g/mol. The molecule has 3 rings (SSSR count). The topological polar surface area (TPSA) is 89.0 Å². The number of hydrogen-bond acceptors (Lipinski definition) is 5. The average Bonchev–Trinajstić information content (AvgIpc) is 2.59. The zero-order chi connectivity index (χ0) is 17.2. The van der Waals surface area contributed by atoms with Crippen molar-refractivity contribution in [3.05, 3.63) is 66.0 Å². The van der Waals surface area contributed by atoms with E-state index >= 15 is 0 Å². The number of benzene rings is 2. The molecule has 122 valence electrons. The standard InChI is InChI=1S/C17H15N3O3S/c1-24(22,23)14-5-2-12(3-6-14)11-20-17(21)13-4-7-15-16(10-13)19-9-8-18-15/h2-10H,11H2,1H3,(H,20,21). The van der Waals surface area contributed by atoms with E-state index in [-0.39, 0.29) is 10.8 Å². The summed E-state index contributed by atoms with van der Waals surface area (Å²) in [5.41, 5.74) is 2.69. The maximum Gasteiger partial charge on any atom is 0.251 e. The van der Waals surface area contributed by atoms with Gasteiger partial charge in [-0.15, -0.1) is 0 Å². The van der Waals surface area contributed by atoms with Crippen molar-refractivity contribution in [2.24, 2.45) is 0 Å². The van der Waals surface area contributed by atoms with Gasteiger partial charge in [-0.3, -0.25) is 14.8 Å². The van der Waals surface area contributed by atoms with E-state index in [2.05, 4.69) is 15.3 Å². The number of carbonyl (C=O) groups excluding carboxylic acids is 1. The van der Waals surface area contributed by atoms with Crippen LogP contribution < -0.4 is 5.32 Å². The van der Waals surface area contributed by atoms with Crippen LogP contribution in [0.3, 0.4) is 0 Å². The Kier molecular flexibility index (Phi) is 4.26. The molecule has 0 spiro atoms. The Bertz CT molecular complexity index is 999. The van der Waals surface area contributed by atoms with Crippen molar-refractivity contribution < 1.29 is 13.2 Å². The highest BCUT2D eigenvalue weighted by atomic mass is 32.2. The molecule has 0 aliphatic carbocycles. The Morgan fingerprint density at radius 3 is 2.33 bits per heavy atom. The van der Waals surface area contributed by atoms with E-state index in [1.165, 1.54) is 12.1 Å². The SMILES string of the molecule is CS(=O)(=O)c1ccc(CNC(=O)c2ccc3nccnc3c2)cc1. The number of carbonyl (C=O) groups is 1. The second kappa shape index (κ2) is 6.37. The first-order valence-electron chi connectivity index (χ1n) is 7.21.